The standard InChI is InChI=1S/C19H36N4O3.HI/c1-4-20-19(21-14-17-9-7-10-22(17)12-13-25-3)23-11-6-8-16(15-23)18(24)26-5-2;/h16-17H,4-15H2,1-3H3,(H,20,21);1H. The number of rotatable bonds is 8. The summed E-state index contributed by atoms with van der Waals surface area (Å²) < 4.78 is 10.4. The minimum Gasteiger partial charge on any atom is -0.466 e. The average Bonchev–Trinajstić information content (AvgIpc) is 3.11. The van der Waals surface area contributed by atoms with E-state index in [9.17, 15) is 4.79 Å². The number of hydrogen-bond donors (Lipinski definition) is 1. The fourth-order valence-electron chi connectivity index (χ4n) is 3.84. The van der Waals surface area contributed by atoms with Gasteiger partial charge in [0, 0.05) is 39.3 Å². The van der Waals surface area contributed by atoms with Crippen LogP contribution in [-0.2, 0) is 14.3 Å². The number of guanidine groups is 1. The quantitative estimate of drug-likeness (QED) is 0.240. The van der Waals surface area contributed by atoms with Crippen LogP contribution in [-0.4, -0.2) is 87.4 Å². The molecule has 158 valence electrons. The van der Waals surface area contributed by atoms with E-state index in [1.807, 2.05) is 6.92 Å². The van der Waals surface area contributed by atoms with Crippen molar-refractivity contribution >= 4 is 35.9 Å². The third-order valence-corrected chi connectivity index (χ3v) is 5.21. The van der Waals surface area contributed by atoms with E-state index in [2.05, 4.69) is 22.0 Å². The molecule has 2 aliphatic rings. The Morgan fingerprint density at radius 2 is 2.00 bits per heavy atom. The molecule has 2 unspecified atom stereocenters. The highest BCUT2D eigenvalue weighted by Gasteiger charge is 2.29. The molecule has 0 amide bonds. The van der Waals surface area contributed by atoms with E-state index in [4.69, 9.17) is 14.5 Å². The Bertz CT molecular complexity index is 464. The fourth-order valence-corrected chi connectivity index (χ4v) is 3.84. The van der Waals surface area contributed by atoms with Gasteiger partial charge in [0.2, 0.25) is 0 Å². The van der Waals surface area contributed by atoms with Gasteiger partial charge in [0.25, 0.3) is 0 Å². The van der Waals surface area contributed by atoms with Gasteiger partial charge in [-0.1, -0.05) is 0 Å². The number of halogens is 1. The third kappa shape index (κ3) is 7.73. The molecule has 0 bridgehead atoms. The second kappa shape index (κ2) is 13.5. The monoisotopic (exact) mass is 496 g/mol. The van der Waals surface area contributed by atoms with Gasteiger partial charge < -0.3 is 19.7 Å². The van der Waals surface area contributed by atoms with Crippen LogP contribution in [0, 0.1) is 5.92 Å². The highest BCUT2D eigenvalue weighted by Crippen LogP contribution is 2.20. The van der Waals surface area contributed by atoms with E-state index in [1.54, 1.807) is 7.11 Å². The van der Waals surface area contributed by atoms with Crippen LogP contribution in [0.2, 0.25) is 0 Å². The van der Waals surface area contributed by atoms with Crippen molar-refractivity contribution in [3.05, 3.63) is 0 Å². The van der Waals surface area contributed by atoms with Gasteiger partial charge in [-0.15, -0.1) is 24.0 Å². The second-order valence-corrected chi connectivity index (χ2v) is 7.06. The zero-order valence-corrected chi connectivity index (χ0v) is 19.4. The molecule has 2 rings (SSSR count). The van der Waals surface area contributed by atoms with E-state index in [0.717, 1.165) is 58.1 Å². The number of likely N-dealkylation sites (tertiary alicyclic amines) is 2. The molecule has 8 heteroatoms. The highest BCUT2D eigenvalue weighted by molar-refractivity contribution is 14.0. The molecule has 7 nitrogen and oxygen atoms in total. The second-order valence-electron chi connectivity index (χ2n) is 7.06. The summed E-state index contributed by atoms with van der Waals surface area (Å²) in [5, 5.41) is 3.41. The number of nitrogens with zero attached hydrogens (tertiary/aromatic N) is 3. The summed E-state index contributed by atoms with van der Waals surface area (Å²) in [6, 6.07) is 0.490. The van der Waals surface area contributed by atoms with Gasteiger partial charge >= 0.3 is 5.97 Å². The Kier molecular flexibility index (Phi) is 12.3. The summed E-state index contributed by atoms with van der Waals surface area (Å²) in [5.74, 6) is 0.812. The van der Waals surface area contributed by atoms with Gasteiger partial charge in [-0.05, 0) is 46.1 Å². The van der Waals surface area contributed by atoms with Crippen molar-refractivity contribution in [1.29, 1.82) is 0 Å². The predicted octanol–water partition coefficient (Wildman–Crippen LogP) is 1.96. The Hall–Kier alpha value is -0.610. The average molecular weight is 496 g/mol. The van der Waals surface area contributed by atoms with Crippen molar-refractivity contribution in [3.8, 4) is 0 Å². The lowest BCUT2D eigenvalue weighted by molar-refractivity contribution is -0.149. The molecule has 2 aliphatic heterocycles. The molecule has 2 atom stereocenters. The SMILES string of the molecule is CCNC(=NCC1CCCN1CCOC)N1CCCC(C(=O)OCC)C1.I. The van der Waals surface area contributed by atoms with Crippen molar-refractivity contribution in [2.75, 3.05) is 59.6 Å². The molecule has 0 aromatic heterocycles. The van der Waals surface area contributed by atoms with Gasteiger partial charge in [-0.25, -0.2) is 0 Å². The van der Waals surface area contributed by atoms with E-state index in [1.165, 1.54) is 12.8 Å². The number of ether oxygens (including phenoxy) is 2. The first-order valence-corrected chi connectivity index (χ1v) is 10.1. The van der Waals surface area contributed by atoms with E-state index in [-0.39, 0.29) is 35.9 Å². The summed E-state index contributed by atoms with van der Waals surface area (Å²) in [7, 11) is 1.75. The number of esters is 1. The smallest absolute Gasteiger partial charge is 0.310 e. The molecule has 0 spiro atoms. The van der Waals surface area contributed by atoms with Crippen LogP contribution in [0.15, 0.2) is 4.99 Å². The fraction of sp³-hybridized carbons (Fsp3) is 0.895. The first-order chi connectivity index (χ1) is 12.7. The minimum atomic E-state index is -0.0745. The third-order valence-electron chi connectivity index (χ3n) is 5.21. The molecule has 0 aliphatic carbocycles. The summed E-state index contributed by atoms with van der Waals surface area (Å²) in [6.07, 6.45) is 4.33. The van der Waals surface area contributed by atoms with Crippen molar-refractivity contribution in [3.63, 3.8) is 0 Å². The first kappa shape index (κ1) is 24.4. The largest absolute Gasteiger partial charge is 0.466 e. The minimum absolute atomic E-state index is 0. The molecule has 2 saturated heterocycles. The summed E-state index contributed by atoms with van der Waals surface area (Å²) in [6.45, 7) is 10.5. The van der Waals surface area contributed by atoms with Crippen LogP contribution in [0.3, 0.4) is 0 Å². The number of piperidine rings is 1. The number of hydrogen-bond acceptors (Lipinski definition) is 5. The first-order valence-electron chi connectivity index (χ1n) is 10.1. The molecule has 1 N–H and O–H groups in total. The molecule has 0 saturated carbocycles. The Morgan fingerprint density at radius 3 is 2.70 bits per heavy atom. The molecule has 27 heavy (non-hydrogen) atoms. The zero-order chi connectivity index (χ0) is 18.8. The number of methoxy groups -OCH3 is 1. The number of nitrogens with one attached hydrogen (secondary N) is 1. The molecule has 2 heterocycles. The van der Waals surface area contributed by atoms with Crippen LogP contribution >= 0.6 is 24.0 Å². The molecule has 0 aromatic carbocycles. The lowest BCUT2D eigenvalue weighted by Gasteiger charge is -2.34. The van der Waals surface area contributed by atoms with Crippen LogP contribution in [0.4, 0.5) is 0 Å². The van der Waals surface area contributed by atoms with Crippen LogP contribution < -0.4 is 5.32 Å². The summed E-state index contributed by atoms with van der Waals surface area (Å²) in [5.41, 5.74) is 0. The maximum atomic E-state index is 12.1. The molecule has 0 aromatic rings. The number of carbonyl (C=O) groups excluding carboxylic acids is 1. The normalized spacial score (nSPS) is 23.8. The number of carbonyl (C=O) groups is 1. The van der Waals surface area contributed by atoms with Gasteiger partial charge in [0.05, 0.1) is 25.7 Å². The van der Waals surface area contributed by atoms with Crippen molar-refractivity contribution in [2.24, 2.45) is 10.9 Å². The maximum absolute atomic E-state index is 12.1. The van der Waals surface area contributed by atoms with Crippen LogP contribution in [0.5, 0.6) is 0 Å². The Morgan fingerprint density at radius 1 is 1.22 bits per heavy atom. The van der Waals surface area contributed by atoms with Crippen LogP contribution in [0.1, 0.15) is 39.5 Å². The van der Waals surface area contributed by atoms with Crippen molar-refractivity contribution in [2.45, 2.75) is 45.6 Å². The lowest BCUT2D eigenvalue weighted by atomic mass is 9.98. The van der Waals surface area contributed by atoms with Gasteiger partial charge in [-0.3, -0.25) is 14.7 Å². The van der Waals surface area contributed by atoms with E-state index < -0.39 is 0 Å². The molecular weight excluding hydrogens is 459 g/mol. The zero-order valence-electron chi connectivity index (χ0n) is 17.1. The highest BCUT2D eigenvalue weighted by atomic mass is 127. The van der Waals surface area contributed by atoms with Gasteiger partial charge in [0.15, 0.2) is 5.96 Å². The molecule has 0 radical (unpaired) electrons. The molecule has 2 fully saturated rings. The molecular formula is C19H37IN4O3. The Balaban J connectivity index is 0.00000364. The predicted molar refractivity (Wildman–Crippen MR) is 119 cm³/mol. The van der Waals surface area contributed by atoms with E-state index in [0.29, 0.717) is 19.2 Å². The van der Waals surface area contributed by atoms with Gasteiger partial charge in [-0.2, -0.15) is 0 Å². The van der Waals surface area contributed by atoms with Gasteiger partial charge in [0.1, 0.15) is 0 Å². The maximum Gasteiger partial charge on any atom is 0.310 e. The number of aliphatic imine (C=N–C) groups is 1. The van der Waals surface area contributed by atoms with Crippen LogP contribution in [0.25, 0.3) is 0 Å². The summed E-state index contributed by atoms with van der Waals surface area (Å²) >= 11 is 0. The summed E-state index contributed by atoms with van der Waals surface area (Å²) in [4.78, 5) is 21.7. The van der Waals surface area contributed by atoms with E-state index >= 15 is 0 Å². The Labute approximate surface area is 181 Å². The topological polar surface area (TPSA) is 66.4 Å². The van der Waals surface area contributed by atoms with Crippen molar-refractivity contribution < 1.29 is 14.3 Å². The van der Waals surface area contributed by atoms with Crippen molar-refractivity contribution in [1.82, 2.24) is 15.1 Å². The lowest BCUT2D eigenvalue weighted by Crippen LogP contribution is -2.48.